The van der Waals surface area contributed by atoms with Crippen LogP contribution in [0.4, 0.5) is 0 Å². The van der Waals surface area contributed by atoms with Gasteiger partial charge in [-0.15, -0.1) is 6.58 Å². The molecule has 0 aliphatic rings. The SMILES string of the molecule is C=CCOCCOC(C)COC(=O)C(=C)C. The van der Waals surface area contributed by atoms with Crippen LogP contribution in [-0.4, -0.2) is 38.5 Å². The minimum Gasteiger partial charge on any atom is -0.460 e. The van der Waals surface area contributed by atoms with Crippen LogP contribution in [0.2, 0.25) is 0 Å². The van der Waals surface area contributed by atoms with E-state index in [-0.39, 0.29) is 12.7 Å². The normalized spacial score (nSPS) is 11.9. The summed E-state index contributed by atoms with van der Waals surface area (Å²) in [7, 11) is 0. The van der Waals surface area contributed by atoms with Crippen LogP contribution in [0.25, 0.3) is 0 Å². The highest BCUT2D eigenvalue weighted by molar-refractivity contribution is 5.86. The number of carbonyl (C=O) groups excluding carboxylic acids is 1. The van der Waals surface area contributed by atoms with Gasteiger partial charge >= 0.3 is 5.97 Å². The molecule has 0 spiro atoms. The number of esters is 1. The molecule has 1 unspecified atom stereocenters. The van der Waals surface area contributed by atoms with Crippen LogP contribution >= 0.6 is 0 Å². The molecule has 0 aromatic rings. The van der Waals surface area contributed by atoms with Crippen molar-refractivity contribution < 1.29 is 19.0 Å². The summed E-state index contributed by atoms with van der Waals surface area (Å²) >= 11 is 0. The van der Waals surface area contributed by atoms with E-state index in [1.165, 1.54) is 0 Å². The summed E-state index contributed by atoms with van der Waals surface area (Å²) in [6, 6.07) is 0. The van der Waals surface area contributed by atoms with Gasteiger partial charge in [-0.3, -0.25) is 0 Å². The van der Waals surface area contributed by atoms with E-state index in [1.54, 1.807) is 13.0 Å². The summed E-state index contributed by atoms with van der Waals surface area (Å²) in [5, 5.41) is 0. The molecule has 0 aromatic heterocycles. The van der Waals surface area contributed by atoms with Gasteiger partial charge < -0.3 is 14.2 Å². The van der Waals surface area contributed by atoms with Crippen molar-refractivity contribution in [2.24, 2.45) is 0 Å². The summed E-state index contributed by atoms with van der Waals surface area (Å²) in [4.78, 5) is 11.0. The smallest absolute Gasteiger partial charge is 0.333 e. The molecule has 4 heteroatoms. The van der Waals surface area contributed by atoms with Gasteiger partial charge in [-0.05, 0) is 13.8 Å². The Morgan fingerprint density at radius 3 is 2.69 bits per heavy atom. The van der Waals surface area contributed by atoms with Crippen molar-refractivity contribution in [3.63, 3.8) is 0 Å². The summed E-state index contributed by atoms with van der Waals surface area (Å²) in [6.07, 6.45) is 1.54. The van der Waals surface area contributed by atoms with Crippen LogP contribution in [0, 0.1) is 0 Å². The van der Waals surface area contributed by atoms with E-state index in [2.05, 4.69) is 13.2 Å². The highest BCUT2D eigenvalue weighted by atomic mass is 16.6. The molecular formula is C12H20O4. The van der Waals surface area contributed by atoms with Gasteiger partial charge in [-0.2, -0.15) is 0 Å². The fraction of sp³-hybridized carbons (Fsp3) is 0.583. The van der Waals surface area contributed by atoms with E-state index < -0.39 is 5.97 Å². The van der Waals surface area contributed by atoms with E-state index in [0.717, 1.165) is 0 Å². The summed E-state index contributed by atoms with van der Waals surface area (Å²) in [6.45, 7) is 12.2. The lowest BCUT2D eigenvalue weighted by Gasteiger charge is -2.13. The molecule has 0 aromatic carbocycles. The second-order valence-electron chi connectivity index (χ2n) is 3.42. The molecule has 1 atom stereocenters. The van der Waals surface area contributed by atoms with E-state index in [0.29, 0.717) is 25.4 Å². The Kier molecular flexibility index (Phi) is 8.48. The van der Waals surface area contributed by atoms with Gasteiger partial charge in [0, 0.05) is 5.57 Å². The lowest BCUT2D eigenvalue weighted by molar-refractivity contribution is -0.143. The molecule has 16 heavy (non-hydrogen) atoms. The van der Waals surface area contributed by atoms with Gasteiger partial charge in [0.05, 0.1) is 25.9 Å². The highest BCUT2D eigenvalue weighted by Gasteiger charge is 2.07. The molecule has 0 fully saturated rings. The monoisotopic (exact) mass is 228 g/mol. The van der Waals surface area contributed by atoms with Crippen LogP contribution in [0.15, 0.2) is 24.8 Å². The van der Waals surface area contributed by atoms with Crippen LogP contribution in [0.3, 0.4) is 0 Å². The van der Waals surface area contributed by atoms with Gasteiger partial charge in [0.15, 0.2) is 0 Å². The van der Waals surface area contributed by atoms with E-state index >= 15 is 0 Å². The zero-order valence-electron chi connectivity index (χ0n) is 10.0. The second kappa shape index (κ2) is 9.12. The quantitative estimate of drug-likeness (QED) is 0.261. The van der Waals surface area contributed by atoms with E-state index in [1.807, 2.05) is 6.92 Å². The summed E-state index contributed by atoms with van der Waals surface area (Å²) < 4.78 is 15.4. The fourth-order valence-corrected chi connectivity index (χ4v) is 0.839. The molecule has 0 aliphatic heterocycles. The number of hydrogen-bond acceptors (Lipinski definition) is 4. The Labute approximate surface area is 96.9 Å². The Hall–Kier alpha value is -1.13. The predicted octanol–water partition coefficient (Wildman–Crippen LogP) is 1.71. The van der Waals surface area contributed by atoms with E-state index in [4.69, 9.17) is 14.2 Å². The Morgan fingerprint density at radius 1 is 1.44 bits per heavy atom. The molecule has 0 saturated carbocycles. The van der Waals surface area contributed by atoms with Crippen molar-refractivity contribution >= 4 is 5.97 Å². The third kappa shape index (κ3) is 8.20. The molecule has 4 nitrogen and oxygen atoms in total. The first-order valence-electron chi connectivity index (χ1n) is 5.20. The third-order valence-corrected chi connectivity index (χ3v) is 1.66. The second-order valence-corrected chi connectivity index (χ2v) is 3.42. The molecule has 0 N–H and O–H groups in total. The molecule has 0 radical (unpaired) electrons. The molecule has 0 rings (SSSR count). The van der Waals surface area contributed by atoms with Gasteiger partial charge in [0.2, 0.25) is 0 Å². The first kappa shape index (κ1) is 14.9. The zero-order valence-corrected chi connectivity index (χ0v) is 10.0. The lowest BCUT2D eigenvalue weighted by Crippen LogP contribution is -2.21. The predicted molar refractivity (Wildman–Crippen MR) is 62.2 cm³/mol. The first-order chi connectivity index (χ1) is 7.57. The molecule has 0 heterocycles. The third-order valence-electron chi connectivity index (χ3n) is 1.66. The van der Waals surface area contributed by atoms with Crippen LogP contribution < -0.4 is 0 Å². The summed E-state index contributed by atoms with van der Waals surface area (Å²) in [5.41, 5.74) is 0.390. The molecule has 0 aliphatic carbocycles. The number of hydrogen-bond donors (Lipinski definition) is 0. The Morgan fingerprint density at radius 2 is 2.12 bits per heavy atom. The zero-order chi connectivity index (χ0) is 12.4. The van der Waals surface area contributed by atoms with Crippen molar-refractivity contribution in [1.82, 2.24) is 0 Å². The molecule has 0 saturated heterocycles. The van der Waals surface area contributed by atoms with Crippen molar-refractivity contribution in [1.29, 1.82) is 0 Å². The highest BCUT2D eigenvalue weighted by Crippen LogP contribution is 1.97. The maximum Gasteiger partial charge on any atom is 0.333 e. The van der Waals surface area contributed by atoms with Gasteiger partial charge in [-0.1, -0.05) is 12.7 Å². The lowest BCUT2D eigenvalue weighted by atomic mass is 10.3. The number of ether oxygens (including phenoxy) is 3. The van der Waals surface area contributed by atoms with Crippen LogP contribution in [0.1, 0.15) is 13.8 Å². The fourth-order valence-electron chi connectivity index (χ4n) is 0.839. The largest absolute Gasteiger partial charge is 0.460 e. The van der Waals surface area contributed by atoms with Crippen molar-refractivity contribution in [2.75, 3.05) is 26.4 Å². The van der Waals surface area contributed by atoms with E-state index in [9.17, 15) is 4.79 Å². The van der Waals surface area contributed by atoms with Crippen molar-refractivity contribution in [3.05, 3.63) is 24.8 Å². The molecular weight excluding hydrogens is 208 g/mol. The van der Waals surface area contributed by atoms with Crippen molar-refractivity contribution in [3.8, 4) is 0 Å². The first-order valence-corrected chi connectivity index (χ1v) is 5.20. The average Bonchev–Trinajstić information content (AvgIpc) is 2.25. The maximum absolute atomic E-state index is 11.0. The van der Waals surface area contributed by atoms with Crippen LogP contribution in [-0.2, 0) is 19.0 Å². The number of rotatable bonds is 9. The Bertz CT molecular complexity index is 235. The maximum atomic E-state index is 11.0. The molecule has 0 amide bonds. The minimum atomic E-state index is -0.390. The standard InChI is InChI=1S/C12H20O4/c1-5-6-14-7-8-15-11(4)9-16-12(13)10(2)3/h5,11H,1-2,6-9H2,3-4H3. The van der Waals surface area contributed by atoms with Crippen molar-refractivity contribution in [2.45, 2.75) is 20.0 Å². The molecule has 0 bridgehead atoms. The van der Waals surface area contributed by atoms with Gasteiger partial charge in [-0.25, -0.2) is 4.79 Å². The average molecular weight is 228 g/mol. The summed E-state index contributed by atoms with van der Waals surface area (Å²) in [5.74, 6) is -0.390. The Balaban J connectivity index is 3.44. The number of carbonyl (C=O) groups is 1. The van der Waals surface area contributed by atoms with Gasteiger partial charge in [0.25, 0.3) is 0 Å². The topological polar surface area (TPSA) is 44.8 Å². The minimum absolute atomic E-state index is 0.143. The van der Waals surface area contributed by atoms with Gasteiger partial charge in [0.1, 0.15) is 6.61 Å². The molecule has 92 valence electrons. The van der Waals surface area contributed by atoms with Crippen LogP contribution in [0.5, 0.6) is 0 Å².